The minimum Gasteiger partial charge on any atom is -0.477 e. The standard InChI is InChI=1S/C23H20F2N2O4.H2O/c1-11-15-5-2-12(8-13(15)9-26-11)16-6-7-17-19(21(16)31-23(24)25)27(14-3-4-14)10-18(20(17)28)22(29)30;/h2,5-8,10-11,14,23,26H,3-4,9H2,1H3,(H,29,30);1H2. The maximum atomic E-state index is 13.5. The van der Waals surface area contributed by atoms with E-state index in [0.717, 1.165) is 24.0 Å². The molecule has 1 fully saturated rings. The molecule has 0 spiro atoms. The van der Waals surface area contributed by atoms with Crippen molar-refractivity contribution >= 4 is 16.9 Å². The summed E-state index contributed by atoms with van der Waals surface area (Å²) in [6.45, 7) is -0.360. The summed E-state index contributed by atoms with van der Waals surface area (Å²) in [6.07, 6.45) is 2.80. The number of hydrogen-bond donors (Lipinski definition) is 2. The Labute approximate surface area is 181 Å². The molecule has 4 N–H and O–H groups in total. The molecule has 1 aliphatic heterocycles. The van der Waals surface area contributed by atoms with Crippen molar-refractivity contribution in [3.05, 3.63) is 63.4 Å². The van der Waals surface area contributed by atoms with Gasteiger partial charge in [0.15, 0.2) is 5.75 Å². The number of aromatic nitrogens is 1. The number of carboxylic acids is 1. The monoisotopic (exact) mass is 444 g/mol. The first kappa shape index (κ1) is 21.9. The highest BCUT2D eigenvalue weighted by atomic mass is 19.3. The van der Waals surface area contributed by atoms with E-state index in [2.05, 4.69) is 12.2 Å². The lowest BCUT2D eigenvalue weighted by Gasteiger charge is -2.19. The number of nitrogens with zero attached hydrogens (tertiary/aromatic N) is 1. The summed E-state index contributed by atoms with van der Waals surface area (Å²) < 4.78 is 33.5. The Kier molecular flexibility index (Phi) is 5.47. The minimum atomic E-state index is -3.10. The molecule has 2 heterocycles. The van der Waals surface area contributed by atoms with Crippen LogP contribution in [0.5, 0.6) is 5.75 Å². The van der Waals surface area contributed by atoms with E-state index in [9.17, 15) is 23.5 Å². The average molecular weight is 444 g/mol. The van der Waals surface area contributed by atoms with E-state index in [1.54, 1.807) is 10.6 Å². The van der Waals surface area contributed by atoms with Crippen molar-refractivity contribution in [1.29, 1.82) is 0 Å². The summed E-state index contributed by atoms with van der Waals surface area (Å²) in [7, 11) is 0. The quantitative estimate of drug-likeness (QED) is 0.624. The van der Waals surface area contributed by atoms with Crippen LogP contribution in [0.1, 0.15) is 53.3 Å². The number of nitrogens with one attached hydrogen (secondary N) is 1. The molecule has 2 aliphatic rings. The molecule has 0 amide bonds. The van der Waals surface area contributed by atoms with E-state index in [1.165, 1.54) is 12.3 Å². The Morgan fingerprint density at radius 2 is 2.00 bits per heavy atom. The van der Waals surface area contributed by atoms with Gasteiger partial charge in [0.2, 0.25) is 5.43 Å². The first-order chi connectivity index (χ1) is 14.8. The minimum absolute atomic E-state index is 0. The maximum Gasteiger partial charge on any atom is 0.387 e. The van der Waals surface area contributed by atoms with Crippen molar-refractivity contribution in [2.75, 3.05) is 0 Å². The van der Waals surface area contributed by atoms with Crippen LogP contribution in [0.4, 0.5) is 8.78 Å². The van der Waals surface area contributed by atoms with Crippen LogP contribution in [0.25, 0.3) is 22.0 Å². The number of fused-ring (bicyclic) bond motifs is 2. The number of aromatic carboxylic acids is 1. The molecule has 0 saturated heterocycles. The van der Waals surface area contributed by atoms with Gasteiger partial charge in [-0.3, -0.25) is 4.79 Å². The molecule has 1 saturated carbocycles. The third kappa shape index (κ3) is 3.53. The number of rotatable bonds is 5. The number of halogens is 2. The van der Waals surface area contributed by atoms with Gasteiger partial charge < -0.3 is 25.2 Å². The van der Waals surface area contributed by atoms with Gasteiger partial charge in [-0.25, -0.2) is 4.79 Å². The van der Waals surface area contributed by atoms with Crippen LogP contribution in [0, 0.1) is 0 Å². The van der Waals surface area contributed by atoms with E-state index in [1.807, 2.05) is 18.2 Å². The lowest BCUT2D eigenvalue weighted by molar-refractivity contribution is -0.0486. The summed E-state index contributed by atoms with van der Waals surface area (Å²) in [6, 6.07) is 8.98. The second-order valence-electron chi connectivity index (χ2n) is 8.05. The van der Waals surface area contributed by atoms with E-state index < -0.39 is 18.0 Å². The number of ether oxygens (including phenoxy) is 1. The van der Waals surface area contributed by atoms with Crippen LogP contribution in [0.2, 0.25) is 0 Å². The maximum absolute atomic E-state index is 13.5. The molecular weight excluding hydrogens is 422 g/mol. The zero-order valence-corrected chi connectivity index (χ0v) is 17.2. The molecule has 32 heavy (non-hydrogen) atoms. The fourth-order valence-electron chi connectivity index (χ4n) is 4.37. The van der Waals surface area contributed by atoms with E-state index in [-0.39, 0.29) is 39.8 Å². The highest BCUT2D eigenvalue weighted by Gasteiger charge is 2.30. The number of alkyl halides is 2. The first-order valence-corrected chi connectivity index (χ1v) is 10.1. The smallest absolute Gasteiger partial charge is 0.387 e. The van der Waals surface area contributed by atoms with Gasteiger partial charge in [-0.1, -0.05) is 12.1 Å². The van der Waals surface area contributed by atoms with Crippen molar-refractivity contribution in [2.45, 2.75) is 45.0 Å². The van der Waals surface area contributed by atoms with E-state index in [4.69, 9.17) is 4.74 Å². The second-order valence-corrected chi connectivity index (χ2v) is 8.05. The summed E-state index contributed by atoms with van der Waals surface area (Å²) in [5.41, 5.74) is 2.49. The molecule has 5 rings (SSSR count). The molecule has 1 unspecified atom stereocenters. The third-order valence-corrected chi connectivity index (χ3v) is 6.04. The molecule has 3 aromatic rings. The first-order valence-electron chi connectivity index (χ1n) is 10.1. The Balaban J connectivity index is 0.00000245. The molecule has 1 atom stereocenters. The van der Waals surface area contributed by atoms with E-state index in [0.29, 0.717) is 17.7 Å². The molecule has 168 valence electrons. The lowest BCUT2D eigenvalue weighted by Crippen LogP contribution is -2.19. The van der Waals surface area contributed by atoms with Crippen LogP contribution in [0.15, 0.2) is 41.3 Å². The summed E-state index contributed by atoms with van der Waals surface area (Å²) in [4.78, 5) is 24.4. The number of hydrogen-bond acceptors (Lipinski definition) is 4. The SMILES string of the molecule is CC1NCc2cc(-c3ccc4c(=O)c(C(=O)O)cn(C5CC5)c4c3OC(F)F)ccc21.O. The molecule has 1 aliphatic carbocycles. The molecule has 9 heteroatoms. The van der Waals surface area contributed by atoms with Gasteiger partial charge in [-0.15, -0.1) is 0 Å². The lowest BCUT2D eigenvalue weighted by atomic mass is 9.96. The molecular formula is C23H22F2N2O5. The highest BCUT2D eigenvalue weighted by molar-refractivity contribution is 5.97. The van der Waals surface area contributed by atoms with Crippen LogP contribution < -0.4 is 15.5 Å². The molecule has 0 bridgehead atoms. The predicted octanol–water partition coefficient (Wildman–Crippen LogP) is 3.64. The number of pyridine rings is 1. The fourth-order valence-corrected chi connectivity index (χ4v) is 4.37. The summed E-state index contributed by atoms with van der Waals surface area (Å²) >= 11 is 0. The largest absolute Gasteiger partial charge is 0.477 e. The Bertz CT molecular complexity index is 1280. The van der Waals surface area contributed by atoms with Crippen molar-refractivity contribution in [3.8, 4) is 16.9 Å². The van der Waals surface area contributed by atoms with Gasteiger partial charge in [0, 0.05) is 30.4 Å². The van der Waals surface area contributed by atoms with Gasteiger partial charge in [0.25, 0.3) is 0 Å². The van der Waals surface area contributed by atoms with Crippen LogP contribution in [0.3, 0.4) is 0 Å². The third-order valence-electron chi connectivity index (χ3n) is 6.04. The summed E-state index contributed by atoms with van der Waals surface area (Å²) in [5.74, 6) is -1.45. The van der Waals surface area contributed by atoms with Gasteiger partial charge in [-0.2, -0.15) is 8.78 Å². The van der Waals surface area contributed by atoms with Crippen LogP contribution in [-0.2, 0) is 6.54 Å². The van der Waals surface area contributed by atoms with Crippen molar-refractivity contribution in [1.82, 2.24) is 9.88 Å². The number of carbonyl (C=O) groups is 1. The number of carboxylic acid groups (broad SMARTS) is 1. The zero-order valence-electron chi connectivity index (χ0n) is 17.2. The number of benzene rings is 2. The Morgan fingerprint density at radius 3 is 2.66 bits per heavy atom. The van der Waals surface area contributed by atoms with Crippen molar-refractivity contribution < 1.29 is 28.9 Å². The van der Waals surface area contributed by atoms with Crippen molar-refractivity contribution in [3.63, 3.8) is 0 Å². The van der Waals surface area contributed by atoms with Gasteiger partial charge >= 0.3 is 12.6 Å². The summed E-state index contributed by atoms with van der Waals surface area (Å²) in [5, 5.41) is 12.8. The fraction of sp³-hybridized carbons (Fsp3) is 0.304. The molecule has 0 radical (unpaired) electrons. The normalized spacial score (nSPS) is 17.3. The highest BCUT2D eigenvalue weighted by Crippen LogP contribution is 2.43. The van der Waals surface area contributed by atoms with E-state index >= 15 is 0 Å². The van der Waals surface area contributed by atoms with Crippen LogP contribution in [-0.4, -0.2) is 27.7 Å². The molecule has 1 aromatic heterocycles. The van der Waals surface area contributed by atoms with Crippen LogP contribution >= 0.6 is 0 Å². The topological polar surface area (TPSA) is 112 Å². The Hall–Kier alpha value is -3.30. The predicted molar refractivity (Wildman–Crippen MR) is 114 cm³/mol. The molecule has 2 aromatic carbocycles. The van der Waals surface area contributed by atoms with Crippen molar-refractivity contribution in [2.24, 2.45) is 0 Å². The molecule has 7 nitrogen and oxygen atoms in total. The van der Waals surface area contributed by atoms with Gasteiger partial charge in [0.05, 0.1) is 10.9 Å². The zero-order chi connectivity index (χ0) is 21.9. The van der Waals surface area contributed by atoms with Gasteiger partial charge in [0.1, 0.15) is 5.56 Å². The van der Waals surface area contributed by atoms with Gasteiger partial charge in [-0.05, 0) is 54.7 Å². The second kappa shape index (κ2) is 7.99. The average Bonchev–Trinajstić information content (AvgIpc) is 3.51. The Morgan fingerprint density at radius 1 is 1.25 bits per heavy atom.